The van der Waals surface area contributed by atoms with E-state index in [2.05, 4.69) is 244 Å². The van der Waals surface area contributed by atoms with E-state index >= 15 is 0 Å². The number of hydrogen-bond donors (Lipinski definition) is 0. The summed E-state index contributed by atoms with van der Waals surface area (Å²) in [6.07, 6.45) is 0. The van der Waals surface area contributed by atoms with E-state index < -0.39 is 5.41 Å². The molecule has 0 radical (unpaired) electrons. The van der Waals surface area contributed by atoms with Crippen LogP contribution in [0.5, 0.6) is 0 Å². The lowest BCUT2D eigenvalue weighted by molar-refractivity contribution is 0.666. The van der Waals surface area contributed by atoms with E-state index in [9.17, 15) is 0 Å². The standard InChI is InChI=1S/C64H44N2/c1-63(2)56-35-19-31-51(59(56)54-37-36-41-20-12-13-27-45(41)60(54)63)48-38-39-50(47-29-15-14-28-46(47)48)57-40-58(66-62(65-57)42-21-6-3-7-22-42)53-33-18-32-52-49-30-16-17-34-55(49)64(61(52)53,43-23-8-4-9-24-43)44-25-10-5-11-26-44/h3-40H,1-2H3. The summed E-state index contributed by atoms with van der Waals surface area (Å²) in [6.45, 7) is 4.77. The van der Waals surface area contributed by atoms with Crippen molar-refractivity contribution in [3.8, 4) is 67.3 Å². The summed E-state index contributed by atoms with van der Waals surface area (Å²) in [4.78, 5) is 11.0. The number of aromatic nitrogens is 2. The third-order valence-electron chi connectivity index (χ3n) is 14.6. The lowest BCUT2D eigenvalue weighted by Crippen LogP contribution is -2.29. The maximum absolute atomic E-state index is 5.52. The van der Waals surface area contributed by atoms with Gasteiger partial charge in [-0.05, 0) is 94.4 Å². The molecule has 2 nitrogen and oxygen atoms in total. The molecule has 0 saturated carbocycles. The molecule has 0 saturated heterocycles. The first-order valence-electron chi connectivity index (χ1n) is 23.0. The van der Waals surface area contributed by atoms with Gasteiger partial charge in [0.25, 0.3) is 0 Å². The summed E-state index contributed by atoms with van der Waals surface area (Å²) < 4.78 is 0. The molecule has 2 aliphatic carbocycles. The van der Waals surface area contributed by atoms with Gasteiger partial charge in [-0.3, -0.25) is 0 Å². The van der Waals surface area contributed by atoms with Gasteiger partial charge in [-0.1, -0.05) is 238 Å². The van der Waals surface area contributed by atoms with Crippen LogP contribution in [0.4, 0.5) is 0 Å². The van der Waals surface area contributed by atoms with Crippen LogP contribution in [0.3, 0.4) is 0 Å². The molecule has 0 aliphatic heterocycles. The predicted octanol–water partition coefficient (Wildman–Crippen LogP) is 16.1. The van der Waals surface area contributed by atoms with Crippen molar-refractivity contribution in [1.29, 1.82) is 0 Å². The van der Waals surface area contributed by atoms with Crippen LogP contribution in [0.15, 0.2) is 231 Å². The molecule has 0 atom stereocenters. The van der Waals surface area contributed by atoms with Crippen molar-refractivity contribution in [3.05, 3.63) is 264 Å². The SMILES string of the molecule is CC1(C)c2cccc(-c3ccc(-c4cc(-c5cccc6c5C(c5ccccc5)(c5ccccc5)c5ccccc5-6)nc(-c5ccccc5)n4)c4ccccc34)c2-c2ccc3ccccc3c21. The molecule has 0 unspecified atom stereocenters. The Balaban J connectivity index is 1.05. The van der Waals surface area contributed by atoms with E-state index in [-0.39, 0.29) is 5.41 Å². The molecule has 2 heteroatoms. The Morgan fingerprint density at radius 2 is 0.848 bits per heavy atom. The highest BCUT2D eigenvalue weighted by atomic mass is 14.9. The van der Waals surface area contributed by atoms with Crippen molar-refractivity contribution in [3.63, 3.8) is 0 Å². The van der Waals surface area contributed by atoms with Crippen molar-refractivity contribution in [2.24, 2.45) is 0 Å². The summed E-state index contributed by atoms with van der Waals surface area (Å²) in [5, 5.41) is 4.96. The Labute approximate surface area is 385 Å². The predicted molar refractivity (Wildman–Crippen MR) is 274 cm³/mol. The summed E-state index contributed by atoms with van der Waals surface area (Å²) in [6, 6.07) is 84.3. The molecule has 13 rings (SSSR count). The summed E-state index contributed by atoms with van der Waals surface area (Å²) in [5.74, 6) is 0.696. The van der Waals surface area contributed by atoms with Crippen LogP contribution in [0, 0.1) is 0 Å². The molecule has 0 N–H and O–H groups in total. The Morgan fingerprint density at radius 1 is 0.333 bits per heavy atom. The third-order valence-corrected chi connectivity index (χ3v) is 14.6. The first kappa shape index (κ1) is 38.3. The highest BCUT2D eigenvalue weighted by Gasteiger charge is 2.48. The Morgan fingerprint density at radius 3 is 1.59 bits per heavy atom. The van der Waals surface area contributed by atoms with Crippen molar-refractivity contribution in [2.75, 3.05) is 0 Å². The molecule has 11 aromatic rings. The van der Waals surface area contributed by atoms with Gasteiger partial charge in [0, 0.05) is 22.1 Å². The highest BCUT2D eigenvalue weighted by Crippen LogP contribution is 2.59. The van der Waals surface area contributed by atoms with E-state index in [4.69, 9.17) is 9.97 Å². The number of nitrogens with zero attached hydrogens (tertiary/aromatic N) is 2. The number of fused-ring (bicyclic) bond motifs is 9. The molecular weight excluding hydrogens is 797 g/mol. The molecule has 0 bridgehead atoms. The Bertz CT molecular complexity index is 3680. The molecule has 310 valence electrons. The Hall–Kier alpha value is -8.20. The molecule has 0 spiro atoms. The van der Waals surface area contributed by atoms with Crippen LogP contribution in [-0.2, 0) is 10.8 Å². The molecule has 1 aromatic heterocycles. The molecule has 10 aromatic carbocycles. The van der Waals surface area contributed by atoms with Gasteiger partial charge in [-0.15, -0.1) is 0 Å². The van der Waals surface area contributed by atoms with Crippen molar-refractivity contribution < 1.29 is 0 Å². The van der Waals surface area contributed by atoms with Crippen molar-refractivity contribution >= 4 is 21.5 Å². The molecule has 0 amide bonds. The zero-order valence-electron chi connectivity index (χ0n) is 36.8. The minimum absolute atomic E-state index is 0.153. The van der Waals surface area contributed by atoms with Crippen molar-refractivity contribution in [2.45, 2.75) is 24.7 Å². The number of benzene rings is 10. The first-order valence-corrected chi connectivity index (χ1v) is 23.0. The average Bonchev–Trinajstić information content (AvgIpc) is 3.83. The second-order valence-electron chi connectivity index (χ2n) is 18.4. The monoisotopic (exact) mass is 840 g/mol. The second-order valence-corrected chi connectivity index (χ2v) is 18.4. The fourth-order valence-electron chi connectivity index (χ4n) is 11.8. The van der Waals surface area contributed by atoms with Gasteiger partial charge < -0.3 is 0 Å². The highest BCUT2D eigenvalue weighted by molar-refractivity contribution is 6.09. The zero-order chi connectivity index (χ0) is 44.0. The minimum Gasteiger partial charge on any atom is -0.228 e. The fourth-order valence-corrected chi connectivity index (χ4v) is 11.8. The summed E-state index contributed by atoms with van der Waals surface area (Å²) in [5.41, 5.74) is 19.5. The first-order chi connectivity index (χ1) is 32.5. The lowest BCUT2D eigenvalue weighted by atomic mass is 9.66. The van der Waals surface area contributed by atoms with Crippen LogP contribution in [0.2, 0.25) is 0 Å². The Kier molecular flexibility index (Phi) is 8.51. The van der Waals surface area contributed by atoms with Gasteiger partial charge >= 0.3 is 0 Å². The average molecular weight is 841 g/mol. The van der Waals surface area contributed by atoms with Crippen LogP contribution in [0.25, 0.3) is 88.8 Å². The quantitative estimate of drug-likeness (QED) is 0.167. The number of rotatable bonds is 6. The van der Waals surface area contributed by atoms with Crippen LogP contribution in [0.1, 0.15) is 47.2 Å². The largest absolute Gasteiger partial charge is 0.228 e. The van der Waals surface area contributed by atoms with E-state index in [0.717, 1.165) is 33.5 Å². The fraction of sp³-hybridized carbons (Fsp3) is 0.0625. The van der Waals surface area contributed by atoms with Gasteiger partial charge in [0.1, 0.15) is 0 Å². The van der Waals surface area contributed by atoms with Crippen LogP contribution < -0.4 is 0 Å². The molecular formula is C64H44N2. The van der Waals surface area contributed by atoms with Gasteiger partial charge in [-0.25, -0.2) is 9.97 Å². The summed E-state index contributed by atoms with van der Waals surface area (Å²) in [7, 11) is 0. The van der Waals surface area contributed by atoms with Crippen LogP contribution >= 0.6 is 0 Å². The van der Waals surface area contributed by atoms with E-state index in [1.54, 1.807) is 0 Å². The van der Waals surface area contributed by atoms with Gasteiger partial charge in [0.15, 0.2) is 5.82 Å². The zero-order valence-corrected chi connectivity index (χ0v) is 36.8. The topological polar surface area (TPSA) is 25.8 Å². The summed E-state index contributed by atoms with van der Waals surface area (Å²) >= 11 is 0. The van der Waals surface area contributed by atoms with E-state index in [1.807, 2.05) is 0 Å². The maximum Gasteiger partial charge on any atom is 0.160 e. The normalized spacial score (nSPS) is 13.8. The lowest BCUT2D eigenvalue weighted by Gasteiger charge is -2.35. The number of hydrogen-bond acceptors (Lipinski definition) is 2. The second kappa shape index (κ2) is 14.7. The molecule has 0 fully saturated rings. The molecule has 2 aliphatic rings. The maximum atomic E-state index is 5.52. The van der Waals surface area contributed by atoms with Gasteiger partial charge in [-0.2, -0.15) is 0 Å². The van der Waals surface area contributed by atoms with Gasteiger partial charge in [0.2, 0.25) is 0 Å². The molecule has 1 heterocycles. The van der Waals surface area contributed by atoms with E-state index in [0.29, 0.717) is 5.82 Å². The van der Waals surface area contributed by atoms with Crippen molar-refractivity contribution in [1.82, 2.24) is 9.97 Å². The molecule has 66 heavy (non-hydrogen) atoms. The van der Waals surface area contributed by atoms with Crippen LogP contribution in [-0.4, -0.2) is 9.97 Å². The minimum atomic E-state index is -0.590. The smallest absolute Gasteiger partial charge is 0.160 e. The third kappa shape index (κ3) is 5.48. The van der Waals surface area contributed by atoms with E-state index in [1.165, 1.54) is 82.9 Å². The van der Waals surface area contributed by atoms with Gasteiger partial charge in [0.05, 0.1) is 16.8 Å².